The van der Waals surface area contributed by atoms with Crippen LogP contribution in [0.1, 0.15) is 50.9 Å². The van der Waals surface area contributed by atoms with Gasteiger partial charge in [0.1, 0.15) is 17.2 Å². The van der Waals surface area contributed by atoms with E-state index in [0.29, 0.717) is 10.9 Å². The van der Waals surface area contributed by atoms with E-state index < -0.39 is 48.0 Å². The van der Waals surface area contributed by atoms with E-state index in [-0.39, 0.29) is 34.8 Å². The van der Waals surface area contributed by atoms with Crippen LogP contribution in [0.3, 0.4) is 0 Å². The van der Waals surface area contributed by atoms with Crippen LogP contribution in [-0.4, -0.2) is 57.4 Å². The number of aromatic nitrogens is 2. The number of hydrogen-bond acceptors (Lipinski definition) is 7. The van der Waals surface area contributed by atoms with Crippen LogP contribution in [0.25, 0.3) is 0 Å². The summed E-state index contributed by atoms with van der Waals surface area (Å²) in [6.45, 7) is 5.87. The summed E-state index contributed by atoms with van der Waals surface area (Å²) < 4.78 is 16.1. The first kappa shape index (κ1) is 27.9. The molecule has 0 bridgehead atoms. The van der Waals surface area contributed by atoms with E-state index >= 15 is 4.39 Å². The molecular formula is C24H32BrClFN5O3. The quantitative estimate of drug-likeness (QED) is 0.328. The first-order chi connectivity index (χ1) is 16.4. The van der Waals surface area contributed by atoms with Crippen molar-refractivity contribution < 1.29 is 19.4 Å². The second-order valence-electron chi connectivity index (χ2n) is 10.2. The minimum absolute atomic E-state index is 0.0777. The maximum Gasteiger partial charge on any atom is 0.237 e. The van der Waals surface area contributed by atoms with Crippen LogP contribution in [0.5, 0.6) is 0 Å². The van der Waals surface area contributed by atoms with Gasteiger partial charge in [0, 0.05) is 30.9 Å². The Labute approximate surface area is 218 Å². The first-order valence-corrected chi connectivity index (χ1v) is 12.6. The summed E-state index contributed by atoms with van der Waals surface area (Å²) in [5.41, 5.74) is 5.78. The SMILES string of the molecule is CC(C)(C)C[C@@H]1N[C@@H](C(=O)NCC[C@H](O)CO)[C@H](c2cccc(Cl)c2F)[C@@]1(N)c1ncc(Br)cn1. The van der Waals surface area contributed by atoms with Gasteiger partial charge in [0.15, 0.2) is 0 Å². The Bertz CT molecular complexity index is 1040. The Kier molecular flexibility index (Phi) is 8.88. The molecule has 0 unspecified atom stereocenters. The molecule has 2 heterocycles. The molecule has 2 aromatic rings. The molecule has 1 aliphatic rings. The van der Waals surface area contributed by atoms with Gasteiger partial charge in [-0.25, -0.2) is 14.4 Å². The summed E-state index contributed by atoms with van der Waals surface area (Å²) in [7, 11) is 0. The molecule has 1 aromatic heterocycles. The lowest BCUT2D eigenvalue weighted by Crippen LogP contribution is -2.53. The van der Waals surface area contributed by atoms with Gasteiger partial charge in [-0.1, -0.05) is 44.5 Å². The number of aliphatic hydroxyl groups is 2. The van der Waals surface area contributed by atoms with Gasteiger partial charge in [0.05, 0.1) is 28.2 Å². The molecule has 8 nitrogen and oxygen atoms in total. The van der Waals surface area contributed by atoms with Gasteiger partial charge >= 0.3 is 0 Å². The topological polar surface area (TPSA) is 133 Å². The van der Waals surface area contributed by atoms with Gasteiger partial charge in [-0.2, -0.15) is 0 Å². The smallest absolute Gasteiger partial charge is 0.237 e. The second kappa shape index (κ2) is 11.1. The van der Waals surface area contributed by atoms with Gasteiger partial charge < -0.3 is 26.6 Å². The predicted molar refractivity (Wildman–Crippen MR) is 135 cm³/mol. The molecule has 0 saturated carbocycles. The number of amides is 1. The molecule has 6 N–H and O–H groups in total. The molecule has 3 rings (SSSR count). The highest BCUT2D eigenvalue weighted by atomic mass is 79.9. The molecule has 192 valence electrons. The number of nitrogens with zero attached hydrogens (tertiary/aromatic N) is 2. The van der Waals surface area contributed by atoms with Crippen molar-refractivity contribution in [3.8, 4) is 0 Å². The monoisotopic (exact) mass is 571 g/mol. The third-order valence-corrected chi connectivity index (χ3v) is 6.92. The molecule has 1 aliphatic heterocycles. The second-order valence-corrected chi connectivity index (χ2v) is 11.5. The maximum absolute atomic E-state index is 15.4. The van der Waals surface area contributed by atoms with Gasteiger partial charge in [0.2, 0.25) is 5.91 Å². The Hall–Kier alpha value is -1.69. The number of aliphatic hydroxyl groups excluding tert-OH is 2. The lowest BCUT2D eigenvalue weighted by atomic mass is 9.71. The first-order valence-electron chi connectivity index (χ1n) is 11.4. The van der Waals surface area contributed by atoms with Crippen molar-refractivity contribution in [2.45, 2.75) is 63.3 Å². The Morgan fingerprint density at radius 2 is 2.03 bits per heavy atom. The molecule has 35 heavy (non-hydrogen) atoms. The Morgan fingerprint density at radius 1 is 1.37 bits per heavy atom. The number of rotatable bonds is 8. The van der Waals surface area contributed by atoms with E-state index in [2.05, 4.69) is 57.3 Å². The number of nitrogens with one attached hydrogen (secondary N) is 2. The average Bonchev–Trinajstić information content (AvgIpc) is 3.07. The number of carbonyl (C=O) groups is 1. The van der Waals surface area contributed by atoms with E-state index in [0.717, 1.165) is 0 Å². The van der Waals surface area contributed by atoms with Gasteiger partial charge in [-0.05, 0) is 45.8 Å². The highest BCUT2D eigenvalue weighted by Gasteiger charge is 2.59. The number of halogens is 3. The zero-order chi connectivity index (χ0) is 26.0. The van der Waals surface area contributed by atoms with Crippen molar-refractivity contribution in [3.05, 3.63) is 57.3 Å². The van der Waals surface area contributed by atoms with Gasteiger partial charge in [0.25, 0.3) is 0 Å². The summed E-state index contributed by atoms with van der Waals surface area (Å²) in [6.07, 6.45) is 2.90. The van der Waals surface area contributed by atoms with Crippen LogP contribution >= 0.6 is 27.5 Å². The fourth-order valence-corrected chi connectivity index (χ4v) is 4.99. The van der Waals surface area contributed by atoms with E-state index in [1.807, 2.05) is 0 Å². The number of nitrogens with two attached hydrogens (primary N) is 1. The molecular weight excluding hydrogens is 541 g/mol. The number of benzene rings is 1. The molecule has 0 spiro atoms. The zero-order valence-corrected chi connectivity index (χ0v) is 22.3. The molecule has 1 amide bonds. The van der Waals surface area contributed by atoms with Gasteiger partial charge in [-0.15, -0.1) is 0 Å². The standard InChI is InChI=1S/C24H32BrClFN5O3/c1-23(2,3)9-17-24(28,22-30-10-13(25)11-31-22)18(15-5-4-6-16(26)19(15)27)20(32-17)21(35)29-8-7-14(34)12-33/h4-6,10-11,14,17-18,20,32-34H,7-9,12,28H2,1-3H3,(H,29,35)/t14-,17-,18-,20+,24+/m0/s1. The Morgan fingerprint density at radius 3 is 2.63 bits per heavy atom. The van der Waals surface area contributed by atoms with Crippen molar-refractivity contribution >= 4 is 33.4 Å². The summed E-state index contributed by atoms with van der Waals surface area (Å²) >= 11 is 9.47. The van der Waals surface area contributed by atoms with E-state index in [4.69, 9.17) is 22.4 Å². The van der Waals surface area contributed by atoms with E-state index in [1.54, 1.807) is 24.5 Å². The molecule has 1 saturated heterocycles. The lowest BCUT2D eigenvalue weighted by molar-refractivity contribution is -0.123. The minimum Gasteiger partial charge on any atom is -0.394 e. The molecule has 5 atom stereocenters. The average molecular weight is 573 g/mol. The summed E-state index contributed by atoms with van der Waals surface area (Å²) in [5.74, 6) is -1.68. The Balaban J connectivity index is 2.12. The van der Waals surface area contributed by atoms with Crippen molar-refractivity contribution in [2.24, 2.45) is 11.1 Å². The number of carbonyl (C=O) groups excluding carboxylic acids is 1. The minimum atomic E-state index is -1.36. The third kappa shape index (κ3) is 6.18. The van der Waals surface area contributed by atoms with Crippen molar-refractivity contribution in [1.82, 2.24) is 20.6 Å². The van der Waals surface area contributed by atoms with Crippen LogP contribution in [0.2, 0.25) is 5.02 Å². The van der Waals surface area contributed by atoms with Crippen molar-refractivity contribution in [2.75, 3.05) is 13.2 Å². The summed E-state index contributed by atoms with van der Waals surface area (Å²) in [4.78, 5) is 22.3. The van der Waals surface area contributed by atoms with Gasteiger partial charge in [-0.3, -0.25) is 4.79 Å². The normalized spacial score (nSPS) is 25.5. The van der Waals surface area contributed by atoms with Crippen LogP contribution in [0.4, 0.5) is 4.39 Å². The van der Waals surface area contributed by atoms with Crippen molar-refractivity contribution in [3.63, 3.8) is 0 Å². The molecule has 0 aliphatic carbocycles. The largest absolute Gasteiger partial charge is 0.394 e. The molecule has 11 heteroatoms. The third-order valence-electron chi connectivity index (χ3n) is 6.22. The molecule has 0 radical (unpaired) electrons. The van der Waals surface area contributed by atoms with E-state index in [9.17, 15) is 9.90 Å². The summed E-state index contributed by atoms with van der Waals surface area (Å²) in [6, 6.07) is 3.22. The van der Waals surface area contributed by atoms with Crippen LogP contribution < -0.4 is 16.4 Å². The van der Waals surface area contributed by atoms with E-state index in [1.165, 1.54) is 6.07 Å². The predicted octanol–water partition coefficient (Wildman–Crippen LogP) is 2.61. The number of hydrogen-bond donors (Lipinski definition) is 5. The van der Waals surface area contributed by atoms with Crippen LogP contribution in [0.15, 0.2) is 35.1 Å². The molecule has 1 fully saturated rings. The summed E-state index contributed by atoms with van der Waals surface area (Å²) in [5, 5.41) is 24.7. The molecule has 1 aromatic carbocycles. The van der Waals surface area contributed by atoms with Crippen LogP contribution in [-0.2, 0) is 10.3 Å². The zero-order valence-electron chi connectivity index (χ0n) is 19.9. The maximum atomic E-state index is 15.4. The lowest BCUT2D eigenvalue weighted by Gasteiger charge is -2.37. The van der Waals surface area contributed by atoms with Crippen LogP contribution in [0, 0.1) is 11.2 Å². The highest BCUT2D eigenvalue weighted by Crippen LogP contribution is 2.48. The highest BCUT2D eigenvalue weighted by molar-refractivity contribution is 9.10. The fourth-order valence-electron chi connectivity index (χ4n) is 4.60. The fraction of sp³-hybridized carbons (Fsp3) is 0.542. The van der Waals surface area contributed by atoms with Crippen molar-refractivity contribution in [1.29, 1.82) is 0 Å².